The third-order valence-electron chi connectivity index (χ3n) is 23.2. The number of nitrogens with zero attached hydrogens (tertiary/aromatic N) is 2. The fourth-order valence-electron chi connectivity index (χ4n) is 18.2. The van der Waals surface area contributed by atoms with Crippen molar-refractivity contribution < 1.29 is 8.83 Å². The van der Waals surface area contributed by atoms with Crippen molar-refractivity contribution in [3.05, 3.63) is 412 Å². The summed E-state index contributed by atoms with van der Waals surface area (Å²) in [4.78, 5) is 10.2. The predicted octanol–water partition coefficient (Wildman–Crippen LogP) is 27.6. The van der Waals surface area contributed by atoms with Crippen LogP contribution >= 0.6 is 10.0 Å². The lowest BCUT2D eigenvalue weighted by molar-refractivity contribution is 0.669. The fourth-order valence-corrected chi connectivity index (χ4v) is 26.9. The Morgan fingerprint density at radius 1 is 0.241 bits per heavy atom. The van der Waals surface area contributed by atoms with Gasteiger partial charge in [0, 0.05) is 63.0 Å². The van der Waals surface area contributed by atoms with Crippen LogP contribution in [0.3, 0.4) is 0 Å². The molecule has 2 heterocycles. The molecule has 0 bridgehead atoms. The van der Waals surface area contributed by atoms with Gasteiger partial charge in [-0.1, -0.05) is 331 Å². The van der Waals surface area contributed by atoms with Gasteiger partial charge in [-0.2, -0.15) is 0 Å². The number of fused-ring (bicyclic) bond motifs is 6. The van der Waals surface area contributed by atoms with Gasteiger partial charge in [0.05, 0.1) is 34.1 Å². The maximum Gasteiger partial charge on any atom is 0.179 e. The van der Waals surface area contributed by atoms with Crippen LogP contribution in [0, 0.1) is 0 Å². The van der Waals surface area contributed by atoms with Crippen LogP contribution < -0.4 is 30.5 Å². The molecular weight excluding hydrogens is 1390 g/mol. The van der Waals surface area contributed by atoms with E-state index in [1.807, 2.05) is 0 Å². The van der Waals surface area contributed by atoms with E-state index in [2.05, 4.69) is 438 Å². The highest BCUT2D eigenvalue weighted by Gasteiger charge is 2.42. The summed E-state index contributed by atoms with van der Waals surface area (Å²) < 4.78 is 14.4. The van der Waals surface area contributed by atoms with Gasteiger partial charge in [0.1, 0.15) is 11.2 Å². The van der Waals surface area contributed by atoms with Crippen molar-refractivity contribution in [2.24, 2.45) is 0 Å². The molecule has 0 saturated carbocycles. The minimum absolute atomic E-state index is 0.127. The molecule has 0 unspecified atom stereocenters. The summed E-state index contributed by atoms with van der Waals surface area (Å²) in [5.41, 5.74) is 16.4. The summed E-state index contributed by atoms with van der Waals surface area (Å²) in [5.74, 6) is 0.254. The monoisotopic (exact) mass is 1470 g/mol. The molecule has 2 aromatic heterocycles. The molecule has 0 amide bonds. The Bertz CT molecular complexity index is 6250. The van der Waals surface area contributed by atoms with E-state index in [4.69, 9.17) is 8.83 Å². The van der Waals surface area contributed by atoms with Crippen LogP contribution in [-0.2, 0) is 0 Å². The van der Waals surface area contributed by atoms with E-state index < -0.39 is 18.1 Å². The summed E-state index contributed by atoms with van der Waals surface area (Å²) in [6, 6.07) is 149. The highest BCUT2D eigenvalue weighted by atomic mass is 32.3. The Balaban J connectivity index is 0.828. The summed E-state index contributed by atoms with van der Waals surface area (Å²) in [7, 11) is -4.82. The predicted molar refractivity (Wildman–Crippen MR) is 477 cm³/mol. The van der Waals surface area contributed by atoms with Crippen molar-refractivity contribution in [2.75, 3.05) is 9.80 Å². The first-order chi connectivity index (χ1) is 55.2. The highest BCUT2D eigenvalue weighted by molar-refractivity contribution is 8.34. The standard InChI is InChI=1S/C106H80N2O2SSi/c1-71(2)93-69-99(107(97-53-31-49-89-85-47-25-29-55-101(85)109-105(89)97)95-51-27-23-45-83(95)73-57-61-78(62-58-73)111(75-33-11-5-12-34-75,76-35-13-6-14-36-76)77-37-15-7-16-38-77)91-67-65-88-94(72(3)4)70-100(92-68-66-87(93)103(91)104(88)92)108(98-54-32-50-90-86-48-26-30-56-102(86)110-106(90)98)96-52-28-24-46-84(96)74-59-63-82(64-60-74)112(79-39-17-8-18-40-79,80-41-19-9-20-42-80)81-43-21-10-22-44-81/h5-72H,1-4H3. The number of hydrogen-bond donors (Lipinski definition) is 0. The number of anilines is 6. The topological polar surface area (TPSA) is 32.8 Å². The summed E-state index contributed by atoms with van der Waals surface area (Å²) in [6.45, 7) is 9.43. The van der Waals surface area contributed by atoms with Gasteiger partial charge in [-0.25, -0.2) is 0 Å². The second-order valence-corrected chi connectivity index (χ2v) is 37.0. The van der Waals surface area contributed by atoms with E-state index in [1.165, 1.54) is 73.0 Å². The lowest BCUT2D eigenvalue weighted by Crippen LogP contribution is -2.74. The number of furan rings is 2. The van der Waals surface area contributed by atoms with Crippen molar-refractivity contribution in [1.82, 2.24) is 0 Å². The first kappa shape index (κ1) is 68.1. The Morgan fingerprint density at radius 3 is 0.938 bits per heavy atom. The minimum Gasteiger partial charge on any atom is -0.454 e. The van der Waals surface area contributed by atoms with Gasteiger partial charge in [0.2, 0.25) is 0 Å². The number of rotatable bonds is 18. The van der Waals surface area contributed by atoms with E-state index in [-0.39, 0.29) is 11.8 Å². The largest absolute Gasteiger partial charge is 0.454 e. The Morgan fingerprint density at radius 2 is 0.545 bits per heavy atom. The Kier molecular flexibility index (Phi) is 17.0. The van der Waals surface area contributed by atoms with Gasteiger partial charge in [-0.05, 0) is 173 Å². The van der Waals surface area contributed by atoms with Gasteiger partial charge >= 0.3 is 0 Å². The molecule has 0 aliphatic carbocycles. The zero-order chi connectivity index (χ0) is 75.0. The minimum atomic E-state index is -2.86. The van der Waals surface area contributed by atoms with Gasteiger partial charge in [-0.15, -0.1) is 10.0 Å². The first-order valence-electron chi connectivity index (χ1n) is 39.0. The molecule has 4 nitrogen and oxygen atoms in total. The summed E-state index contributed by atoms with van der Waals surface area (Å²) >= 11 is 0. The SMILES string of the molecule is CC(C)c1cc(N(c2ccccc2-c2ccc([Si](c3ccccc3)(c3ccccc3)c3ccccc3)cc2)c2cccc3c2oc2ccccc23)c2ccc3c(C(C)C)cc(N(c4ccccc4-c4ccc(S(c5ccccc5)(c5ccccc5)c5ccccc5)cc4)c4cccc5c4oc4ccccc45)c4ccc1c2c34. The fraction of sp³-hybridized carbons (Fsp3) is 0.0566. The van der Waals surface area contributed by atoms with Crippen LogP contribution in [-0.4, -0.2) is 8.07 Å². The smallest absolute Gasteiger partial charge is 0.179 e. The quantitative estimate of drug-likeness (QED) is 0.0487. The molecule has 0 atom stereocenters. The van der Waals surface area contributed by atoms with Crippen molar-refractivity contribution in [1.29, 1.82) is 0 Å². The van der Waals surface area contributed by atoms with Crippen molar-refractivity contribution in [3.63, 3.8) is 0 Å². The van der Waals surface area contributed by atoms with Crippen LogP contribution in [0.25, 0.3) is 98.4 Å². The Labute approximate surface area is 656 Å². The summed E-state index contributed by atoms with van der Waals surface area (Å²) in [5, 5.41) is 16.8. The van der Waals surface area contributed by atoms with Crippen molar-refractivity contribution in [2.45, 2.75) is 59.1 Å². The molecule has 0 spiro atoms. The van der Waals surface area contributed by atoms with Crippen LogP contribution in [0.4, 0.5) is 34.1 Å². The van der Waals surface area contributed by atoms with Crippen molar-refractivity contribution >= 4 is 149 Å². The third kappa shape index (κ3) is 10.9. The molecule has 6 heteroatoms. The highest BCUT2D eigenvalue weighted by Crippen LogP contribution is 2.73. The van der Waals surface area contributed by atoms with Crippen LogP contribution in [0.1, 0.15) is 50.7 Å². The number of hydrogen-bond acceptors (Lipinski definition) is 4. The van der Waals surface area contributed by atoms with Gasteiger partial charge < -0.3 is 18.6 Å². The van der Waals surface area contributed by atoms with Gasteiger partial charge in [0.25, 0.3) is 0 Å². The molecule has 112 heavy (non-hydrogen) atoms. The summed E-state index contributed by atoms with van der Waals surface area (Å²) in [6.07, 6.45) is 0. The molecule has 0 saturated heterocycles. The molecule has 0 fully saturated rings. The van der Waals surface area contributed by atoms with Gasteiger partial charge in [0.15, 0.2) is 19.2 Å². The van der Waals surface area contributed by atoms with E-state index in [9.17, 15) is 0 Å². The van der Waals surface area contributed by atoms with E-state index in [0.717, 1.165) is 111 Å². The van der Waals surface area contributed by atoms with Gasteiger partial charge in [-0.3, -0.25) is 0 Å². The molecule has 0 aliphatic heterocycles. The van der Waals surface area contributed by atoms with Crippen molar-refractivity contribution in [3.8, 4) is 22.3 Å². The average Bonchev–Trinajstić information content (AvgIpc) is 0.769. The van der Waals surface area contributed by atoms with Crippen LogP contribution in [0.5, 0.6) is 0 Å². The second-order valence-electron chi connectivity index (χ2n) is 30.1. The molecule has 20 rings (SSSR count). The average molecular weight is 1470 g/mol. The number of benzene rings is 18. The normalized spacial score (nSPS) is 12.2. The molecule has 0 N–H and O–H groups in total. The lowest BCUT2D eigenvalue weighted by Gasteiger charge is -2.42. The molecule has 0 aliphatic rings. The lowest BCUT2D eigenvalue weighted by atomic mass is 9.83. The maximum atomic E-state index is 7.22. The zero-order valence-electron chi connectivity index (χ0n) is 62.9. The second kappa shape index (κ2) is 28.0. The van der Waals surface area contributed by atoms with Crippen LogP contribution in [0.15, 0.2) is 429 Å². The van der Waals surface area contributed by atoms with E-state index >= 15 is 0 Å². The zero-order valence-corrected chi connectivity index (χ0v) is 64.7. The molecule has 18 aromatic carbocycles. The number of para-hydroxylation sites is 6. The van der Waals surface area contributed by atoms with E-state index in [0.29, 0.717) is 0 Å². The molecular formula is C106H80N2O2SSi. The third-order valence-corrected chi connectivity index (χ3v) is 32.0. The first-order valence-corrected chi connectivity index (χ1v) is 42.6. The molecule has 20 aromatic rings. The molecule has 0 radical (unpaired) electrons. The maximum absolute atomic E-state index is 7.22. The molecule has 536 valence electrons. The Hall–Kier alpha value is -13.2. The van der Waals surface area contributed by atoms with E-state index in [1.54, 1.807) is 0 Å². The van der Waals surface area contributed by atoms with Crippen LogP contribution in [0.2, 0.25) is 0 Å².